The Morgan fingerprint density at radius 1 is 0.909 bits per heavy atom. The number of hydrogen-bond acceptors (Lipinski definition) is 3. The SMILES string of the molecule is C[Si](C)(C)C(N1C[C@@](Cc2ccccc2)(N2C(=O)OC[C@@H]2c2ccccc2)C1=O)[Si](C)(C)C. The molecule has 0 aliphatic carbocycles. The summed E-state index contributed by atoms with van der Waals surface area (Å²) >= 11 is 0. The van der Waals surface area contributed by atoms with Crippen molar-refractivity contribution < 1.29 is 14.3 Å². The van der Waals surface area contributed by atoms with Crippen molar-refractivity contribution in [3.63, 3.8) is 0 Å². The third-order valence-corrected chi connectivity index (χ3v) is 16.0. The summed E-state index contributed by atoms with van der Waals surface area (Å²) in [5, 5.41) is 0.315. The summed E-state index contributed by atoms with van der Waals surface area (Å²) in [5.74, 6) is 0.0842. The molecule has 0 unspecified atom stereocenters. The first kappa shape index (κ1) is 23.8. The van der Waals surface area contributed by atoms with Crippen LogP contribution in [0.15, 0.2) is 60.7 Å². The van der Waals surface area contributed by atoms with Gasteiger partial charge >= 0.3 is 6.09 Å². The number of carbonyl (C=O) groups is 2. The normalized spacial score (nSPS) is 23.7. The third-order valence-electron chi connectivity index (χ3n) is 6.90. The van der Waals surface area contributed by atoms with E-state index in [1.165, 1.54) is 0 Å². The Balaban J connectivity index is 1.76. The van der Waals surface area contributed by atoms with Gasteiger partial charge < -0.3 is 9.64 Å². The lowest BCUT2D eigenvalue weighted by Crippen LogP contribution is -2.81. The van der Waals surface area contributed by atoms with Crippen molar-refractivity contribution in [2.75, 3.05) is 13.2 Å². The van der Waals surface area contributed by atoms with Crippen LogP contribution in [0.2, 0.25) is 39.3 Å². The molecule has 2 aliphatic heterocycles. The zero-order chi connectivity index (χ0) is 24.0. The smallest absolute Gasteiger partial charge is 0.411 e. The van der Waals surface area contributed by atoms with E-state index in [9.17, 15) is 9.59 Å². The van der Waals surface area contributed by atoms with Gasteiger partial charge in [0.1, 0.15) is 12.1 Å². The zero-order valence-electron chi connectivity index (χ0n) is 20.7. The second-order valence-corrected chi connectivity index (χ2v) is 22.8. The Morgan fingerprint density at radius 3 is 1.97 bits per heavy atom. The van der Waals surface area contributed by atoms with Gasteiger partial charge in [-0.15, -0.1) is 0 Å². The zero-order valence-corrected chi connectivity index (χ0v) is 22.7. The van der Waals surface area contributed by atoms with Gasteiger partial charge in [-0.3, -0.25) is 9.69 Å². The van der Waals surface area contributed by atoms with E-state index in [0.717, 1.165) is 11.1 Å². The summed E-state index contributed by atoms with van der Waals surface area (Å²) in [7, 11) is -3.31. The van der Waals surface area contributed by atoms with E-state index in [-0.39, 0.29) is 24.6 Å². The van der Waals surface area contributed by atoms with E-state index in [2.05, 4.69) is 44.2 Å². The lowest BCUT2D eigenvalue weighted by atomic mass is 9.79. The molecule has 176 valence electrons. The van der Waals surface area contributed by atoms with Crippen LogP contribution >= 0.6 is 0 Å². The maximum Gasteiger partial charge on any atom is 0.411 e. The highest BCUT2D eigenvalue weighted by atomic mass is 28.4. The van der Waals surface area contributed by atoms with Crippen LogP contribution in [0.25, 0.3) is 0 Å². The molecule has 0 radical (unpaired) electrons. The lowest BCUT2D eigenvalue weighted by Gasteiger charge is -2.60. The van der Waals surface area contributed by atoms with Crippen LogP contribution in [-0.2, 0) is 16.0 Å². The van der Waals surface area contributed by atoms with Gasteiger partial charge in [-0.25, -0.2) is 4.79 Å². The topological polar surface area (TPSA) is 49.9 Å². The molecule has 2 atom stereocenters. The summed E-state index contributed by atoms with van der Waals surface area (Å²) in [5.41, 5.74) is 1.16. The van der Waals surface area contributed by atoms with Gasteiger partial charge in [-0.2, -0.15) is 0 Å². The number of β-lactam (4-membered cyclic amide) rings is 1. The second kappa shape index (κ2) is 8.44. The molecule has 0 N–H and O–H groups in total. The number of carbonyl (C=O) groups excluding carboxylic acids is 2. The number of cyclic esters (lactones) is 1. The van der Waals surface area contributed by atoms with Crippen LogP contribution in [0.4, 0.5) is 4.79 Å². The van der Waals surface area contributed by atoms with Crippen molar-refractivity contribution in [1.82, 2.24) is 9.80 Å². The molecule has 2 fully saturated rings. The van der Waals surface area contributed by atoms with Gasteiger partial charge in [-0.05, 0) is 11.1 Å². The Bertz CT molecular complexity index is 1000. The highest BCUT2D eigenvalue weighted by Crippen LogP contribution is 2.45. The van der Waals surface area contributed by atoms with E-state index < -0.39 is 21.7 Å². The van der Waals surface area contributed by atoms with E-state index in [4.69, 9.17) is 4.74 Å². The minimum Gasteiger partial charge on any atom is -0.447 e. The number of benzene rings is 2. The van der Waals surface area contributed by atoms with Crippen molar-refractivity contribution in [3.05, 3.63) is 71.8 Å². The van der Waals surface area contributed by atoms with Crippen LogP contribution in [0.3, 0.4) is 0 Å². The first-order chi connectivity index (χ1) is 15.4. The van der Waals surface area contributed by atoms with Crippen LogP contribution in [0.1, 0.15) is 17.2 Å². The molecule has 2 aliphatic rings. The molecule has 2 aromatic rings. The van der Waals surface area contributed by atoms with Gasteiger partial charge in [0.05, 0.1) is 28.7 Å². The Hall–Kier alpha value is -2.39. The first-order valence-electron chi connectivity index (χ1n) is 11.8. The summed E-state index contributed by atoms with van der Waals surface area (Å²) in [4.78, 5) is 31.3. The summed E-state index contributed by atoms with van der Waals surface area (Å²) in [6.07, 6.45) is 0.122. The number of ether oxygens (including phenoxy) is 1. The molecule has 2 heterocycles. The molecule has 2 saturated heterocycles. The number of hydrogen-bond donors (Lipinski definition) is 0. The fraction of sp³-hybridized carbons (Fsp3) is 0.462. The van der Waals surface area contributed by atoms with Gasteiger partial charge in [0.25, 0.3) is 5.91 Å². The molecule has 2 aromatic carbocycles. The van der Waals surface area contributed by atoms with Gasteiger partial charge in [0.2, 0.25) is 0 Å². The summed E-state index contributed by atoms with van der Waals surface area (Å²) in [6, 6.07) is 19.8. The first-order valence-corrected chi connectivity index (χ1v) is 19.0. The Kier molecular flexibility index (Phi) is 6.07. The van der Waals surface area contributed by atoms with Crippen molar-refractivity contribution in [2.45, 2.75) is 62.6 Å². The average molecular weight is 481 g/mol. The van der Waals surface area contributed by atoms with Gasteiger partial charge in [0, 0.05) is 11.7 Å². The van der Waals surface area contributed by atoms with Gasteiger partial charge in [-0.1, -0.05) is 99.9 Å². The fourth-order valence-electron chi connectivity index (χ4n) is 6.18. The van der Waals surface area contributed by atoms with E-state index in [0.29, 0.717) is 18.3 Å². The monoisotopic (exact) mass is 480 g/mol. The molecule has 4 rings (SSSR count). The van der Waals surface area contributed by atoms with Crippen molar-refractivity contribution in [2.24, 2.45) is 0 Å². The molecule has 0 bridgehead atoms. The predicted octanol–water partition coefficient (Wildman–Crippen LogP) is 5.13. The molecular formula is C26H36N2O3Si2. The summed E-state index contributed by atoms with van der Waals surface area (Å²) in [6.45, 7) is 15.0. The summed E-state index contributed by atoms with van der Waals surface area (Å²) < 4.78 is 5.56. The Labute approximate surface area is 199 Å². The Morgan fingerprint density at radius 2 is 1.45 bits per heavy atom. The van der Waals surface area contributed by atoms with E-state index in [1.54, 1.807) is 4.90 Å². The number of amides is 2. The molecular weight excluding hydrogens is 444 g/mol. The quantitative estimate of drug-likeness (QED) is 0.408. The van der Waals surface area contributed by atoms with Crippen LogP contribution < -0.4 is 0 Å². The fourth-order valence-corrected chi connectivity index (χ4v) is 18.9. The highest BCUT2D eigenvalue weighted by molar-refractivity contribution is 6.96. The van der Waals surface area contributed by atoms with Crippen LogP contribution in [0, 0.1) is 0 Å². The number of rotatable bonds is 7. The third kappa shape index (κ3) is 4.28. The average Bonchev–Trinajstić information content (AvgIpc) is 3.13. The van der Waals surface area contributed by atoms with Crippen molar-refractivity contribution in [1.29, 1.82) is 0 Å². The standard InChI is InChI=1S/C26H36N2O3Si2/c1-32(2,3)25(33(4,5)6)27-19-26(23(27)29,17-20-13-9-7-10-14-20)28-22(18-31-24(28)30)21-15-11-8-12-16-21/h7-16,22,25H,17-19H2,1-6H3/t22-,26-/m1/s1. The van der Waals surface area contributed by atoms with Crippen LogP contribution in [0.5, 0.6) is 0 Å². The van der Waals surface area contributed by atoms with E-state index in [1.807, 2.05) is 60.7 Å². The molecule has 5 nitrogen and oxygen atoms in total. The number of likely N-dealkylation sites (tertiary alicyclic amines) is 1. The predicted molar refractivity (Wildman–Crippen MR) is 137 cm³/mol. The molecule has 0 saturated carbocycles. The minimum atomic E-state index is -1.66. The van der Waals surface area contributed by atoms with Crippen molar-refractivity contribution in [3.8, 4) is 0 Å². The molecule has 2 amide bonds. The molecule has 7 heteroatoms. The maximum atomic E-state index is 14.3. The maximum absolute atomic E-state index is 14.3. The molecule has 0 aromatic heterocycles. The largest absolute Gasteiger partial charge is 0.447 e. The lowest BCUT2D eigenvalue weighted by molar-refractivity contribution is -0.162. The highest BCUT2D eigenvalue weighted by Gasteiger charge is 2.64. The van der Waals surface area contributed by atoms with Crippen LogP contribution in [-0.4, -0.2) is 61.9 Å². The second-order valence-electron chi connectivity index (χ2n) is 11.6. The number of nitrogens with zero attached hydrogens (tertiary/aromatic N) is 2. The molecule has 33 heavy (non-hydrogen) atoms. The van der Waals surface area contributed by atoms with Gasteiger partial charge in [0.15, 0.2) is 0 Å². The van der Waals surface area contributed by atoms with E-state index >= 15 is 0 Å². The minimum absolute atomic E-state index is 0.0842. The van der Waals surface area contributed by atoms with Crippen molar-refractivity contribution >= 4 is 28.1 Å². The molecule has 0 spiro atoms.